The normalized spacial score (nSPS) is 19.9. The number of carbonyl (C=O) groups excluding carboxylic acids is 1. The van der Waals surface area contributed by atoms with Crippen molar-refractivity contribution in [2.24, 2.45) is 5.92 Å². The number of halogens is 2. The molecule has 1 atom stereocenters. The molecule has 0 saturated carbocycles. The van der Waals surface area contributed by atoms with Gasteiger partial charge in [0, 0.05) is 19.0 Å². The third-order valence-corrected chi connectivity index (χ3v) is 3.79. The SMILES string of the molecule is O=C(Cc1ccc(F)cc1)N1CCCC(CCl)C1. The molecular weight excluding hydrogens is 253 g/mol. The van der Waals surface area contributed by atoms with Crippen LogP contribution < -0.4 is 0 Å². The zero-order valence-corrected chi connectivity index (χ0v) is 11.0. The average molecular weight is 270 g/mol. The van der Waals surface area contributed by atoms with Gasteiger partial charge in [0.25, 0.3) is 0 Å². The first kappa shape index (κ1) is 13.3. The summed E-state index contributed by atoms with van der Waals surface area (Å²) in [6.45, 7) is 1.57. The number of alkyl halides is 1. The lowest BCUT2D eigenvalue weighted by Gasteiger charge is -2.32. The van der Waals surface area contributed by atoms with E-state index in [9.17, 15) is 9.18 Å². The van der Waals surface area contributed by atoms with Crippen LogP contribution in [0.15, 0.2) is 24.3 Å². The van der Waals surface area contributed by atoms with Crippen molar-refractivity contribution in [3.63, 3.8) is 0 Å². The summed E-state index contributed by atoms with van der Waals surface area (Å²) in [5.41, 5.74) is 0.856. The molecule has 98 valence electrons. The fraction of sp³-hybridized carbons (Fsp3) is 0.500. The van der Waals surface area contributed by atoms with Crippen molar-refractivity contribution in [2.45, 2.75) is 19.3 Å². The van der Waals surface area contributed by atoms with Crippen LogP contribution >= 0.6 is 11.6 Å². The highest BCUT2D eigenvalue weighted by Crippen LogP contribution is 2.18. The molecule has 1 unspecified atom stereocenters. The first-order valence-corrected chi connectivity index (χ1v) is 6.80. The van der Waals surface area contributed by atoms with Gasteiger partial charge in [0.15, 0.2) is 0 Å². The van der Waals surface area contributed by atoms with E-state index in [0.29, 0.717) is 18.2 Å². The van der Waals surface area contributed by atoms with E-state index in [4.69, 9.17) is 11.6 Å². The molecule has 1 amide bonds. The fourth-order valence-corrected chi connectivity index (χ4v) is 2.56. The molecule has 1 aliphatic rings. The van der Waals surface area contributed by atoms with Crippen molar-refractivity contribution in [1.29, 1.82) is 0 Å². The van der Waals surface area contributed by atoms with Crippen molar-refractivity contribution < 1.29 is 9.18 Å². The minimum absolute atomic E-state index is 0.108. The van der Waals surface area contributed by atoms with Crippen LogP contribution in [-0.2, 0) is 11.2 Å². The first-order chi connectivity index (χ1) is 8.69. The lowest BCUT2D eigenvalue weighted by molar-refractivity contribution is -0.132. The first-order valence-electron chi connectivity index (χ1n) is 6.27. The third kappa shape index (κ3) is 3.45. The van der Waals surface area contributed by atoms with E-state index in [1.807, 2.05) is 4.90 Å². The maximum absolute atomic E-state index is 12.8. The second-order valence-electron chi connectivity index (χ2n) is 4.81. The van der Waals surface area contributed by atoms with Crippen LogP contribution in [0.1, 0.15) is 18.4 Å². The number of hydrogen-bond donors (Lipinski definition) is 0. The van der Waals surface area contributed by atoms with Crippen LogP contribution in [0.2, 0.25) is 0 Å². The van der Waals surface area contributed by atoms with Crippen LogP contribution in [-0.4, -0.2) is 29.8 Å². The van der Waals surface area contributed by atoms with Crippen LogP contribution in [0.5, 0.6) is 0 Å². The van der Waals surface area contributed by atoms with E-state index >= 15 is 0 Å². The number of amides is 1. The fourth-order valence-electron chi connectivity index (χ4n) is 2.31. The smallest absolute Gasteiger partial charge is 0.226 e. The highest BCUT2D eigenvalue weighted by molar-refractivity contribution is 6.18. The molecule has 0 aromatic heterocycles. The van der Waals surface area contributed by atoms with Gasteiger partial charge in [0.2, 0.25) is 5.91 Å². The Hall–Kier alpha value is -1.09. The summed E-state index contributed by atoms with van der Waals surface area (Å²) in [4.78, 5) is 14.0. The zero-order chi connectivity index (χ0) is 13.0. The van der Waals surface area contributed by atoms with E-state index in [-0.39, 0.29) is 11.7 Å². The van der Waals surface area contributed by atoms with Gasteiger partial charge in [-0.15, -0.1) is 11.6 Å². The molecule has 1 aromatic carbocycles. The van der Waals surface area contributed by atoms with Gasteiger partial charge in [-0.25, -0.2) is 4.39 Å². The Morgan fingerprint density at radius 1 is 1.39 bits per heavy atom. The number of likely N-dealkylation sites (tertiary alicyclic amines) is 1. The number of piperidine rings is 1. The second kappa shape index (κ2) is 6.19. The Kier molecular flexibility index (Phi) is 4.59. The maximum Gasteiger partial charge on any atom is 0.226 e. The van der Waals surface area contributed by atoms with Gasteiger partial charge < -0.3 is 4.90 Å². The minimum Gasteiger partial charge on any atom is -0.342 e. The number of hydrogen-bond acceptors (Lipinski definition) is 1. The largest absolute Gasteiger partial charge is 0.342 e. The van der Waals surface area contributed by atoms with Crippen LogP contribution in [0, 0.1) is 11.7 Å². The molecule has 1 aliphatic heterocycles. The highest BCUT2D eigenvalue weighted by atomic mass is 35.5. The topological polar surface area (TPSA) is 20.3 Å². The van der Waals surface area contributed by atoms with E-state index in [0.717, 1.165) is 31.5 Å². The molecule has 0 N–H and O–H groups in total. The molecule has 0 aliphatic carbocycles. The molecule has 1 saturated heterocycles. The predicted octanol–water partition coefficient (Wildman–Crippen LogP) is 2.85. The Bertz CT molecular complexity index is 407. The van der Waals surface area contributed by atoms with Gasteiger partial charge in [0.05, 0.1) is 6.42 Å². The summed E-state index contributed by atoms with van der Waals surface area (Å²) in [5, 5.41) is 0. The van der Waals surface area contributed by atoms with Crippen molar-refractivity contribution in [2.75, 3.05) is 19.0 Å². The summed E-state index contributed by atoms with van der Waals surface area (Å²) >= 11 is 5.85. The molecule has 2 nitrogen and oxygen atoms in total. The molecule has 18 heavy (non-hydrogen) atoms. The number of nitrogens with zero attached hydrogens (tertiary/aromatic N) is 1. The second-order valence-corrected chi connectivity index (χ2v) is 5.11. The van der Waals surface area contributed by atoms with E-state index in [2.05, 4.69) is 0 Å². The van der Waals surface area contributed by atoms with Crippen molar-refractivity contribution in [3.8, 4) is 0 Å². The lowest BCUT2D eigenvalue weighted by atomic mass is 9.99. The summed E-state index contributed by atoms with van der Waals surface area (Å²) in [7, 11) is 0. The highest BCUT2D eigenvalue weighted by Gasteiger charge is 2.22. The number of benzene rings is 1. The average Bonchev–Trinajstić information content (AvgIpc) is 2.41. The molecule has 0 spiro atoms. The number of rotatable bonds is 3. The summed E-state index contributed by atoms with van der Waals surface area (Å²) in [6, 6.07) is 6.10. The van der Waals surface area contributed by atoms with Crippen LogP contribution in [0.4, 0.5) is 4.39 Å². The Balaban J connectivity index is 1.93. The van der Waals surface area contributed by atoms with Crippen molar-refractivity contribution in [3.05, 3.63) is 35.6 Å². The number of carbonyl (C=O) groups is 1. The van der Waals surface area contributed by atoms with Crippen LogP contribution in [0.25, 0.3) is 0 Å². The Morgan fingerprint density at radius 2 is 2.11 bits per heavy atom. The predicted molar refractivity (Wildman–Crippen MR) is 70.1 cm³/mol. The van der Waals surface area contributed by atoms with Gasteiger partial charge in [0.1, 0.15) is 5.82 Å². The molecule has 4 heteroatoms. The summed E-state index contributed by atoms with van der Waals surface area (Å²) in [5.74, 6) is 0.862. The summed E-state index contributed by atoms with van der Waals surface area (Å²) < 4.78 is 12.8. The third-order valence-electron chi connectivity index (χ3n) is 3.36. The zero-order valence-electron chi connectivity index (χ0n) is 10.2. The Labute approximate surface area is 112 Å². The van der Waals surface area contributed by atoms with Gasteiger partial charge in [-0.1, -0.05) is 12.1 Å². The molecule has 0 bridgehead atoms. The minimum atomic E-state index is -0.272. The lowest BCUT2D eigenvalue weighted by Crippen LogP contribution is -2.41. The van der Waals surface area contributed by atoms with Crippen molar-refractivity contribution >= 4 is 17.5 Å². The van der Waals surface area contributed by atoms with Crippen molar-refractivity contribution in [1.82, 2.24) is 4.90 Å². The van der Waals surface area contributed by atoms with E-state index in [1.54, 1.807) is 12.1 Å². The van der Waals surface area contributed by atoms with Crippen LogP contribution in [0.3, 0.4) is 0 Å². The molecule has 1 aromatic rings. The standard InChI is InChI=1S/C14H17ClFNO/c15-9-12-2-1-7-17(10-12)14(18)8-11-3-5-13(16)6-4-11/h3-6,12H,1-2,7-10H2. The van der Waals surface area contributed by atoms with E-state index < -0.39 is 0 Å². The Morgan fingerprint density at radius 3 is 2.78 bits per heavy atom. The quantitative estimate of drug-likeness (QED) is 0.773. The van der Waals surface area contributed by atoms with Gasteiger partial charge in [-0.2, -0.15) is 0 Å². The van der Waals surface area contributed by atoms with Gasteiger partial charge in [-0.3, -0.25) is 4.79 Å². The molecule has 1 fully saturated rings. The van der Waals surface area contributed by atoms with E-state index in [1.165, 1.54) is 12.1 Å². The molecular formula is C14H17ClFNO. The monoisotopic (exact) mass is 269 g/mol. The summed E-state index contributed by atoms with van der Waals surface area (Å²) in [6.07, 6.45) is 2.46. The van der Waals surface area contributed by atoms with Gasteiger partial charge in [-0.05, 0) is 36.5 Å². The molecule has 0 radical (unpaired) electrons. The molecule has 1 heterocycles. The van der Waals surface area contributed by atoms with Gasteiger partial charge >= 0.3 is 0 Å². The molecule has 2 rings (SSSR count). The maximum atomic E-state index is 12.8.